The molecule has 0 spiro atoms. The Morgan fingerprint density at radius 2 is 0.843 bits per heavy atom. The Bertz CT molecular complexity index is 3140. The van der Waals surface area contributed by atoms with E-state index in [-0.39, 0.29) is 0 Å². The van der Waals surface area contributed by atoms with Gasteiger partial charge in [-0.05, 0) is 100 Å². The standard InChI is InChI=1S/C50H30O/c1-2-13-32-28-33(25-24-31(32)12-1)45-29-34-26-27-35(30-46(34)37-15-4-3-14-36(37)45)48-39-17-5-7-19-41(39)49(42-20-8-6-18-40(42)48)44-22-11-21-43-38-16-9-10-23-47(38)51-50(43)44/h1-30H. The van der Waals surface area contributed by atoms with Crippen LogP contribution in [0.4, 0.5) is 0 Å². The van der Waals surface area contributed by atoms with Crippen LogP contribution in [0.15, 0.2) is 186 Å². The average molecular weight is 647 g/mol. The lowest BCUT2D eigenvalue weighted by Gasteiger charge is -2.18. The van der Waals surface area contributed by atoms with Crippen molar-refractivity contribution in [1.82, 2.24) is 0 Å². The Kier molecular flexibility index (Phi) is 6.02. The van der Waals surface area contributed by atoms with Gasteiger partial charge in [-0.15, -0.1) is 0 Å². The van der Waals surface area contributed by atoms with Crippen LogP contribution in [0.1, 0.15) is 0 Å². The SMILES string of the molecule is c1ccc2cc(-c3cc4ccc(-c5c6ccccc6c(-c6cccc7c6oc6ccccc67)c6ccccc56)cc4c4ccccc34)ccc2c1. The fourth-order valence-electron chi connectivity index (χ4n) is 8.53. The van der Waals surface area contributed by atoms with Crippen LogP contribution in [-0.4, -0.2) is 0 Å². The zero-order chi connectivity index (χ0) is 33.5. The quantitative estimate of drug-likeness (QED) is 0.138. The number of hydrogen-bond donors (Lipinski definition) is 0. The molecule has 51 heavy (non-hydrogen) atoms. The molecule has 0 aliphatic rings. The number of rotatable bonds is 3. The summed E-state index contributed by atoms with van der Waals surface area (Å²) in [5.41, 5.74) is 9.14. The molecule has 0 saturated heterocycles. The zero-order valence-corrected chi connectivity index (χ0v) is 27.7. The van der Waals surface area contributed by atoms with Crippen LogP contribution < -0.4 is 0 Å². The van der Waals surface area contributed by atoms with Gasteiger partial charge in [0.2, 0.25) is 0 Å². The van der Waals surface area contributed by atoms with E-state index in [2.05, 4.69) is 176 Å². The molecule has 0 fully saturated rings. The predicted molar refractivity (Wildman–Crippen MR) is 218 cm³/mol. The average Bonchev–Trinajstić information content (AvgIpc) is 3.58. The largest absolute Gasteiger partial charge is 0.455 e. The third kappa shape index (κ3) is 4.22. The number of hydrogen-bond acceptors (Lipinski definition) is 1. The second kappa shape index (κ2) is 10.9. The summed E-state index contributed by atoms with van der Waals surface area (Å²) in [4.78, 5) is 0. The van der Waals surface area contributed by atoms with Gasteiger partial charge in [-0.3, -0.25) is 0 Å². The maximum absolute atomic E-state index is 6.60. The van der Waals surface area contributed by atoms with E-state index < -0.39 is 0 Å². The molecule has 0 aliphatic carbocycles. The molecular formula is C50H30O. The Morgan fingerprint density at radius 3 is 1.61 bits per heavy atom. The minimum atomic E-state index is 0.914. The van der Waals surface area contributed by atoms with Crippen LogP contribution in [0.25, 0.3) is 109 Å². The molecule has 1 nitrogen and oxygen atoms in total. The second-order valence-electron chi connectivity index (χ2n) is 13.6. The maximum Gasteiger partial charge on any atom is 0.143 e. The van der Waals surface area contributed by atoms with Crippen molar-refractivity contribution in [2.24, 2.45) is 0 Å². The highest BCUT2D eigenvalue weighted by atomic mass is 16.3. The molecule has 0 radical (unpaired) electrons. The normalized spacial score (nSPS) is 11.9. The third-order valence-electron chi connectivity index (χ3n) is 10.8. The van der Waals surface area contributed by atoms with E-state index in [1.807, 2.05) is 6.07 Å². The topological polar surface area (TPSA) is 13.1 Å². The van der Waals surface area contributed by atoms with E-state index in [4.69, 9.17) is 4.42 Å². The molecule has 0 amide bonds. The van der Waals surface area contributed by atoms with Gasteiger partial charge in [0, 0.05) is 21.9 Å². The van der Waals surface area contributed by atoms with Gasteiger partial charge in [0.05, 0.1) is 0 Å². The van der Waals surface area contributed by atoms with Crippen LogP contribution >= 0.6 is 0 Å². The van der Waals surface area contributed by atoms with Crippen molar-refractivity contribution in [2.45, 2.75) is 0 Å². The Labute approximate surface area is 294 Å². The van der Waals surface area contributed by atoms with E-state index in [0.717, 1.165) is 27.5 Å². The van der Waals surface area contributed by atoms with Crippen LogP contribution in [-0.2, 0) is 0 Å². The number of furan rings is 1. The molecule has 0 aliphatic heterocycles. The summed E-state index contributed by atoms with van der Waals surface area (Å²) in [6.45, 7) is 0. The van der Waals surface area contributed by atoms with Gasteiger partial charge in [-0.2, -0.15) is 0 Å². The summed E-state index contributed by atoms with van der Waals surface area (Å²) >= 11 is 0. The first-order chi connectivity index (χ1) is 25.3. The van der Waals surface area contributed by atoms with E-state index in [0.29, 0.717) is 0 Å². The molecule has 0 atom stereocenters. The van der Waals surface area contributed by atoms with Gasteiger partial charge in [0.25, 0.3) is 0 Å². The second-order valence-corrected chi connectivity index (χ2v) is 13.6. The first kappa shape index (κ1) is 28.2. The van der Waals surface area contributed by atoms with E-state index in [1.165, 1.54) is 81.7 Å². The highest BCUT2D eigenvalue weighted by Gasteiger charge is 2.20. The zero-order valence-electron chi connectivity index (χ0n) is 27.7. The minimum Gasteiger partial charge on any atom is -0.455 e. The molecule has 236 valence electrons. The van der Waals surface area contributed by atoms with Crippen molar-refractivity contribution < 1.29 is 4.42 Å². The van der Waals surface area contributed by atoms with Gasteiger partial charge >= 0.3 is 0 Å². The minimum absolute atomic E-state index is 0.914. The van der Waals surface area contributed by atoms with Gasteiger partial charge in [-0.25, -0.2) is 0 Å². The number of benzene rings is 10. The molecule has 11 aromatic rings. The summed E-state index contributed by atoms with van der Waals surface area (Å²) in [6, 6.07) is 66.3. The van der Waals surface area contributed by atoms with Crippen molar-refractivity contribution in [1.29, 1.82) is 0 Å². The smallest absolute Gasteiger partial charge is 0.143 e. The molecule has 1 aromatic heterocycles. The Balaban J connectivity index is 1.18. The monoisotopic (exact) mass is 646 g/mol. The highest BCUT2D eigenvalue weighted by molar-refractivity contribution is 6.25. The summed E-state index contributed by atoms with van der Waals surface area (Å²) in [7, 11) is 0. The molecule has 0 unspecified atom stereocenters. The summed E-state index contributed by atoms with van der Waals surface area (Å²) < 4.78 is 6.60. The predicted octanol–water partition coefficient (Wildman–Crippen LogP) is 14.4. The van der Waals surface area contributed by atoms with Gasteiger partial charge in [-0.1, -0.05) is 158 Å². The molecule has 10 aromatic carbocycles. The molecule has 1 heteroatoms. The fraction of sp³-hybridized carbons (Fsp3) is 0. The first-order valence-electron chi connectivity index (χ1n) is 17.6. The molecule has 0 N–H and O–H groups in total. The molecule has 1 heterocycles. The summed E-state index contributed by atoms with van der Waals surface area (Å²) in [6.07, 6.45) is 0. The van der Waals surface area contributed by atoms with E-state index in [1.54, 1.807) is 0 Å². The molecule has 0 saturated carbocycles. The summed E-state index contributed by atoms with van der Waals surface area (Å²) in [5, 5.41) is 14.7. The molecule has 0 bridgehead atoms. The lowest BCUT2D eigenvalue weighted by molar-refractivity contribution is 0.670. The fourth-order valence-corrected chi connectivity index (χ4v) is 8.53. The van der Waals surface area contributed by atoms with Gasteiger partial charge in [0.15, 0.2) is 0 Å². The van der Waals surface area contributed by atoms with Crippen LogP contribution in [0.2, 0.25) is 0 Å². The Hall–Kier alpha value is -6.70. The van der Waals surface area contributed by atoms with E-state index >= 15 is 0 Å². The number of fused-ring (bicyclic) bond motifs is 9. The van der Waals surface area contributed by atoms with Gasteiger partial charge in [0.1, 0.15) is 11.2 Å². The lowest BCUT2D eigenvalue weighted by Crippen LogP contribution is -1.92. The van der Waals surface area contributed by atoms with Crippen molar-refractivity contribution >= 4 is 75.8 Å². The van der Waals surface area contributed by atoms with Crippen LogP contribution in [0, 0.1) is 0 Å². The van der Waals surface area contributed by atoms with Crippen molar-refractivity contribution in [3.63, 3.8) is 0 Å². The lowest BCUT2D eigenvalue weighted by atomic mass is 9.84. The van der Waals surface area contributed by atoms with Crippen molar-refractivity contribution in [3.8, 4) is 33.4 Å². The number of para-hydroxylation sites is 2. The highest BCUT2D eigenvalue weighted by Crippen LogP contribution is 2.47. The van der Waals surface area contributed by atoms with Crippen LogP contribution in [0.3, 0.4) is 0 Å². The van der Waals surface area contributed by atoms with E-state index in [9.17, 15) is 0 Å². The summed E-state index contributed by atoms with van der Waals surface area (Å²) in [5.74, 6) is 0. The molecular weight excluding hydrogens is 617 g/mol. The van der Waals surface area contributed by atoms with Crippen LogP contribution in [0.5, 0.6) is 0 Å². The van der Waals surface area contributed by atoms with Gasteiger partial charge < -0.3 is 4.42 Å². The first-order valence-corrected chi connectivity index (χ1v) is 17.6. The van der Waals surface area contributed by atoms with Crippen molar-refractivity contribution in [2.75, 3.05) is 0 Å². The molecule has 11 rings (SSSR count). The Morgan fingerprint density at radius 1 is 0.275 bits per heavy atom. The maximum atomic E-state index is 6.60. The van der Waals surface area contributed by atoms with Crippen molar-refractivity contribution in [3.05, 3.63) is 182 Å². The third-order valence-corrected chi connectivity index (χ3v) is 10.8.